The molecule has 0 atom stereocenters. The number of hydrogen-bond acceptors (Lipinski definition) is 4. The first-order valence-electron chi connectivity index (χ1n) is 10.4. The van der Waals surface area contributed by atoms with Gasteiger partial charge in [0.25, 0.3) is 0 Å². The molecule has 1 aliphatic rings. The summed E-state index contributed by atoms with van der Waals surface area (Å²) in [6.07, 6.45) is 3.18. The topological polar surface area (TPSA) is 69.0 Å². The fourth-order valence-electron chi connectivity index (χ4n) is 4.37. The first-order chi connectivity index (χ1) is 14.4. The SMILES string of the molecule is Cc1cc(C)cc(NC(=O)C2CCN(c3c(C#N)cnc4ccc(C)cc34)CC2)c1. The van der Waals surface area contributed by atoms with Gasteiger partial charge < -0.3 is 10.2 Å². The molecule has 5 heteroatoms. The maximum atomic E-state index is 12.8. The van der Waals surface area contributed by atoms with Crippen molar-refractivity contribution >= 4 is 28.2 Å². The largest absolute Gasteiger partial charge is 0.370 e. The van der Waals surface area contributed by atoms with Crippen LogP contribution in [0.4, 0.5) is 11.4 Å². The number of hydrogen-bond donors (Lipinski definition) is 1. The van der Waals surface area contributed by atoms with Gasteiger partial charge in [-0.3, -0.25) is 9.78 Å². The number of aryl methyl sites for hydroxylation is 3. The third-order valence-corrected chi connectivity index (χ3v) is 5.79. The molecular weight excluding hydrogens is 372 g/mol. The number of aromatic nitrogens is 1. The predicted molar refractivity (Wildman–Crippen MR) is 121 cm³/mol. The summed E-state index contributed by atoms with van der Waals surface area (Å²) in [6, 6.07) is 14.5. The molecule has 0 bridgehead atoms. The monoisotopic (exact) mass is 398 g/mol. The summed E-state index contributed by atoms with van der Waals surface area (Å²) in [4.78, 5) is 19.5. The molecule has 5 nitrogen and oxygen atoms in total. The number of fused-ring (bicyclic) bond motifs is 1. The van der Waals surface area contributed by atoms with Crippen LogP contribution in [-0.4, -0.2) is 24.0 Å². The van der Waals surface area contributed by atoms with Crippen molar-refractivity contribution in [3.63, 3.8) is 0 Å². The number of rotatable bonds is 3. The van der Waals surface area contributed by atoms with E-state index in [1.54, 1.807) is 6.20 Å². The summed E-state index contributed by atoms with van der Waals surface area (Å²) < 4.78 is 0. The molecule has 0 saturated carbocycles. The van der Waals surface area contributed by atoms with E-state index < -0.39 is 0 Å². The van der Waals surface area contributed by atoms with E-state index in [1.165, 1.54) is 0 Å². The first-order valence-corrected chi connectivity index (χ1v) is 10.4. The van der Waals surface area contributed by atoms with E-state index in [-0.39, 0.29) is 11.8 Å². The van der Waals surface area contributed by atoms with Gasteiger partial charge in [0, 0.05) is 36.3 Å². The summed E-state index contributed by atoms with van der Waals surface area (Å²) in [6.45, 7) is 7.61. The molecule has 1 aromatic heterocycles. The fourth-order valence-corrected chi connectivity index (χ4v) is 4.37. The van der Waals surface area contributed by atoms with Gasteiger partial charge in [-0.2, -0.15) is 5.26 Å². The van der Waals surface area contributed by atoms with Gasteiger partial charge in [0.2, 0.25) is 5.91 Å². The number of anilines is 2. The molecule has 0 radical (unpaired) electrons. The number of nitriles is 1. The van der Waals surface area contributed by atoms with Crippen LogP contribution < -0.4 is 10.2 Å². The molecule has 0 unspecified atom stereocenters. The predicted octanol–water partition coefficient (Wildman–Crippen LogP) is 4.89. The van der Waals surface area contributed by atoms with E-state index in [9.17, 15) is 10.1 Å². The number of benzene rings is 2. The second kappa shape index (κ2) is 8.16. The third kappa shape index (κ3) is 3.99. The van der Waals surface area contributed by atoms with Gasteiger partial charge in [0.05, 0.1) is 16.8 Å². The van der Waals surface area contributed by atoms with Gasteiger partial charge >= 0.3 is 0 Å². The number of nitrogens with zero attached hydrogens (tertiary/aromatic N) is 3. The molecule has 1 N–H and O–H groups in total. The minimum absolute atomic E-state index is 0.0255. The normalized spacial score (nSPS) is 14.5. The van der Waals surface area contributed by atoms with Gasteiger partial charge in [-0.1, -0.05) is 17.7 Å². The standard InChI is InChI=1S/C25H26N4O/c1-16-4-5-23-22(13-16)24(20(14-26)15-27-23)29-8-6-19(7-9-29)25(30)28-21-11-17(2)10-18(3)12-21/h4-5,10-13,15,19H,6-9H2,1-3H3,(H,28,30). The lowest BCUT2D eigenvalue weighted by Crippen LogP contribution is -2.38. The van der Waals surface area contributed by atoms with Crippen molar-refractivity contribution in [3.05, 3.63) is 64.8 Å². The Balaban J connectivity index is 1.51. The van der Waals surface area contributed by atoms with Crippen LogP contribution >= 0.6 is 0 Å². The van der Waals surface area contributed by atoms with Crippen LogP contribution in [-0.2, 0) is 4.79 Å². The maximum Gasteiger partial charge on any atom is 0.227 e. The molecule has 1 fully saturated rings. The van der Waals surface area contributed by atoms with E-state index in [1.807, 2.05) is 45.0 Å². The lowest BCUT2D eigenvalue weighted by atomic mass is 9.94. The maximum absolute atomic E-state index is 12.8. The number of pyridine rings is 1. The minimum Gasteiger partial charge on any atom is -0.370 e. The van der Waals surface area contributed by atoms with Gasteiger partial charge in [-0.25, -0.2) is 0 Å². The lowest BCUT2D eigenvalue weighted by Gasteiger charge is -2.34. The molecule has 0 spiro atoms. The van der Waals surface area contributed by atoms with E-state index in [0.717, 1.165) is 64.9 Å². The van der Waals surface area contributed by atoms with Crippen LogP contribution in [0.1, 0.15) is 35.1 Å². The third-order valence-electron chi connectivity index (χ3n) is 5.79. The van der Waals surface area contributed by atoms with Gasteiger partial charge in [-0.05, 0) is 69.0 Å². The fraction of sp³-hybridized carbons (Fsp3) is 0.320. The molecule has 1 saturated heterocycles. The highest BCUT2D eigenvalue weighted by atomic mass is 16.1. The molecule has 2 heterocycles. The first kappa shape index (κ1) is 19.9. The highest BCUT2D eigenvalue weighted by Gasteiger charge is 2.27. The van der Waals surface area contributed by atoms with Crippen LogP contribution in [0.15, 0.2) is 42.6 Å². The van der Waals surface area contributed by atoms with E-state index >= 15 is 0 Å². The van der Waals surface area contributed by atoms with E-state index in [0.29, 0.717) is 5.56 Å². The van der Waals surface area contributed by atoms with Crippen LogP contribution in [0.3, 0.4) is 0 Å². The molecule has 1 amide bonds. The van der Waals surface area contributed by atoms with E-state index in [4.69, 9.17) is 0 Å². The summed E-state index contributed by atoms with van der Waals surface area (Å²) in [5.41, 5.74) is 6.72. The van der Waals surface area contributed by atoms with E-state index in [2.05, 4.69) is 33.4 Å². The van der Waals surface area contributed by atoms with Crippen molar-refractivity contribution < 1.29 is 4.79 Å². The summed E-state index contributed by atoms with van der Waals surface area (Å²) in [5.74, 6) is 0.0537. The van der Waals surface area contributed by atoms with Crippen molar-refractivity contribution in [1.82, 2.24) is 4.98 Å². The molecule has 4 rings (SSSR count). The molecule has 0 aliphatic carbocycles. The smallest absolute Gasteiger partial charge is 0.227 e. The van der Waals surface area contributed by atoms with Crippen molar-refractivity contribution in [2.24, 2.45) is 5.92 Å². The Bertz CT molecular complexity index is 1130. The number of carbonyl (C=O) groups is 1. The van der Waals surface area contributed by atoms with Crippen LogP contribution in [0.2, 0.25) is 0 Å². The van der Waals surface area contributed by atoms with Crippen LogP contribution in [0.5, 0.6) is 0 Å². The minimum atomic E-state index is -0.0255. The Labute approximate surface area is 177 Å². The number of amides is 1. The highest BCUT2D eigenvalue weighted by Crippen LogP contribution is 2.33. The summed E-state index contributed by atoms with van der Waals surface area (Å²) in [7, 11) is 0. The Morgan fingerprint density at radius 1 is 1.07 bits per heavy atom. The molecule has 152 valence electrons. The van der Waals surface area contributed by atoms with Gasteiger partial charge in [0.1, 0.15) is 6.07 Å². The molecule has 1 aliphatic heterocycles. The summed E-state index contributed by atoms with van der Waals surface area (Å²) >= 11 is 0. The van der Waals surface area contributed by atoms with Crippen molar-refractivity contribution in [3.8, 4) is 6.07 Å². The number of piperidine rings is 1. The molecule has 30 heavy (non-hydrogen) atoms. The van der Waals surface area contributed by atoms with Gasteiger partial charge in [-0.15, -0.1) is 0 Å². The van der Waals surface area contributed by atoms with Crippen LogP contribution in [0.25, 0.3) is 10.9 Å². The Kier molecular flexibility index (Phi) is 5.41. The number of nitrogens with one attached hydrogen (secondary N) is 1. The Morgan fingerprint density at radius 3 is 2.43 bits per heavy atom. The lowest BCUT2D eigenvalue weighted by molar-refractivity contribution is -0.120. The van der Waals surface area contributed by atoms with Gasteiger partial charge in [0.15, 0.2) is 0 Å². The Hall–Kier alpha value is -3.39. The Morgan fingerprint density at radius 2 is 1.77 bits per heavy atom. The van der Waals surface area contributed by atoms with Crippen LogP contribution in [0, 0.1) is 38.0 Å². The molecular formula is C25H26N4O. The zero-order chi connectivity index (χ0) is 21.3. The molecule has 2 aromatic carbocycles. The van der Waals surface area contributed by atoms with Crippen molar-refractivity contribution in [2.45, 2.75) is 33.6 Å². The molecule has 3 aromatic rings. The van der Waals surface area contributed by atoms with Crippen molar-refractivity contribution in [2.75, 3.05) is 23.3 Å². The highest BCUT2D eigenvalue weighted by molar-refractivity contribution is 5.96. The summed E-state index contributed by atoms with van der Waals surface area (Å²) in [5, 5.41) is 13.7. The second-order valence-electron chi connectivity index (χ2n) is 8.28. The zero-order valence-corrected chi connectivity index (χ0v) is 17.7. The number of carbonyl (C=O) groups excluding carboxylic acids is 1. The zero-order valence-electron chi connectivity index (χ0n) is 17.7. The average Bonchev–Trinajstić information content (AvgIpc) is 2.72. The van der Waals surface area contributed by atoms with Crippen molar-refractivity contribution in [1.29, 1.82) is 5.26 Å². The average molecular weight is 399 g/mol. The quantitative estimate of drug-likeness (QED) is 0.682. The second-order valence-corrected chi connectivity index (χ2v) is 8.28.